The van der Waals surface area contributed by atoms with Crippen LogP contribution in [0.4, 0.5) is 0 Å². The molecule has 2 heterocycles. The number of fused-ring (bicyclic) bond motifs is 1. The van der Waals surface area contributed by atoms with Gasteiger partial charge in [0.25, 0.3) is 0 Å². The SMILES string of the molecule is C=CCn1c(=O)oc2cc(Br)cnc21. The van der Waals surface area contributed by atoms with Crippen molar-refractivity contribution < 1.29 is 4.42 Å². The molecule has 2 aromatic rings. The predicted molar refractivity (Wildman–Crippen MR) is 56.2 cm³/mol. The number of rotatable bonds is 2. The molecule has 4 nitrogen and oxygen atoms in total. The van der Waals surface area contributed by atoms with Gasteiger partial charge in [-0.1, -0.05) is 6.08 Å². The molecule has 2 aromatic heterocycles. The third kappa shape index (κ3) is 1.39. The van der Waals surface area contributed by atoms with Gasteiger partial charge in [-0.3, -0.25) is 4.57 Å². The van der Waals surface area contributed by atoms with E-state index >= 15 is 0 Å². The Bertz CT molecular complexity index is 541. The summed E-state index contributed by atoms with van der Waals surface area (Å²) in [5.41, 5.74) is 1.02. The Morgan fingerprint density at radius 1 is 1.71 bits per heavy atom. The van der Waals surface area contributed by atoms with Gasteiger partial charge in [0.05, 0.1) is 0 Å². The average Bonchev–Trinajstić information content (AvgIpc) is 2.43. The molecular weight excluding hydrogens is 248 g/mol. The van der Waals surface area contributed by atoms with Crippen LogP contribution in [0.2, 0.25) is 0 Å². The number of aromatic nitrogens is 2. The highest BCUT2D eigenvalue weighted by atomic mass is 79.9. The summed E-state index contributed by atoms with van der Waals surface area (Å²) in [5.74, 6) is -0.412. The highest BCUT2D eigenvalue weighted by molar-refractivity contribution is 9.10. The maximum atomic E-state index is 11.3. The highest BCUT2D eigenvalue weighted by Gasteiger charge is 2.08. The van der Waals surface area contributed by atoms with E-state index in [4.69, 9.17) is 4.42 Å². The Hall–Kier alpha value is -1.36. The molecule has 0 unspecified atom stereocenters. The van der Waals surface area contributed by atoms with E-state index in [2.05, 4.69) is 27.5 Å². The van der Waals surface area contributed by atoms with Crippen molar-refractivity contribution in [3.63, 3.8) is 0 Å². The molecule has 0 N–H and O–H groups in total. The van der Waals surface area contributed by atoms with E-state index in [1.807, 2.05) is 0 Å². The van der Waals surface area contributed by atoms with E-state index in [-0.39, 0.29) is 0 Å². The molecule has 0 aliphatic heterocycles. The molecule has 0 aliphatic carbocycles. The van der Waals surface area contributed by atoms with Crippen molar-refractivity contribution in [3.05, 3.63) is 39.9 Å². The summed E-state index contributed by atoms with van der Waals surface area (Å²) in [6.07, 6.45) is 3.25. The van der Waals surface area contributed by atoms with Gasteiger partial charge in [0.1, 0.15) is 0 Å². The lowest BCUT2D eigenvalue weighted by atomic mass is 10.4. The Labute approximate surface area is 88.0 Å². The number of oxazole rings is 1. The van der Waals surface area contributed by atoms with Gasteiger partial charge in [0.15, 0.2) is 11.2 Å². The largest absolute Gasteiger partial charge is 0.421 e. The predicted octanol–water partition coefficient (Wildman–Crippen LogP) is 1.94. The van der Waals surface area contributed by atoms with Gasteiger partial charge >= 0.3 is 5.76 Å². The lowest BCUT2D eigenvalue weighted by Gasteiger charge is -1.94. The molecule has 0 aliphatic rings. The van der Waals surface area contributed by atoms with Crippen LogP contribution in [-0.2, 0) is 6.54 Å². The first-order valence-corrected chi connectivity index (χ1v) is 4.77. The smallest absolute Gasteiger partial charge is 0.406 e. The van der Waals surface area contributed by atoms with Gasteiger partial charge in [-0.25, -0.2) is 9.78 Å². The van der Waals surface area contributed by atoms with Crippen LogP contribution in [0.3, 0.4) is 0 Å². The first-order valence-electron chi connectivity index (χ1n) is 3.98. The molecule has 0 fully saturated rings. The summed E-state index contributed by atoms with van der Waals surface area (Å²) in [4.78, 5) is 15.4. The number of nitrogens with zero attached hydrogens (tertiary/aromatic N) is 2. The number of allylic oxidation sites excluding steroid dienone is 1. The summed E-state index contributed by atoms with van der Waals surface area (Å²) in [7, 11) is 0. The van der Waals surface area contributed by atoms with Gasteiger partial charge in [0, 0.05) is 23.3 Å². The van der Waals surface area contributed by atoms with Crippen molar-refractivity contribution in [2.45, 2.75) is 6.54 Å². The molecule has 72 valence electrons. The van der Waals surface area contributed by atoms with Gasteiger partial charge in [-0.15, -0.1) is 6.58 Å². The Balaban J connectivity index is 2.76. The quantitative estimate of drug-likeness (QED) is 0.770. The molecule has 0 spiro atoms. The second kappa shape index (κ2) is 3.42. The summed E-state index contributed by atoms with van der Waals surface area (Å²) < 4.78 is 7.21. The molecule has 14 heavy (non-hydrogen) atoms. The number of hydrogen-bond donors (Lipinski definition) is 0. The van der Waals surface area contributed by atoms with E-state index in [9.17, 15) is 4.79 Å². The van der Waals surface area contributed by atoms with Crippen molar-refractivity contribution in [2.75, 3.05) is 0 Å². The summed E-state index contributed by atoms with van der Waals surface area (Å²) in [5, 5.41) is 0. The zero-order chi connectivity index (χ0) is 10.1. The molecule has 0 bridgehead atoms. The molecular formula is C9H7BrN2O2. The second-order valence-corrected chi connectivity index (χ2v) is 3.66. The molecule has 0 aromatic carbocycles. The Morgan fingerprint density at radius 3 is 3.21 bits per heavy atom. The summed E-state index contributed by atoms with van der Waals surface area (Å²) in [6.45, 7) is 3.97. The van der Waals surface area contributed by atoms with Crippen molar-refractivity contribution in [2.24, 2.45) is 0 Å². The van der Waals surface area contributed by atoms with Crippen molar-refractivity contribution in [1.29, 1.82) is 0 Å². The molecule has 2 rings (SSSR count). The van der Waals surface area contributed by atoms with E-state index in [0.717, 1.165) is 4.47 Å². The molecule has 0 amide bonds. The van der Waals surface area contributed by atoms with Crippen LogP contribution in [0.25, 0.3) is 11.2 Å². The van der Waals surface area contributed by atoms with Crippen LogP contribution in [0.5, 0.6) is 0 Å². The fraction of sp³-hybridized carbons (Fsp3) is 0.111. The molecule has 0 atom stereocenters. The lowest BCUT2D eigenvalue weighted by Crippen LogP contribution is -2.13. The third-order valence-corrected chi connectivity index (χ3v) is 2.22. The topological polar surface area (TPSA) is 48.0 Å². The minimum absolute atomic E-state index is 0.403. The summed E-state index contributed by atoms with van der Waals surface area (Å²) >= 11 is 3.25. The fourth-order valence-electron chi connectivity index (χ4n) is 1.22. The molecule has 0 saturated carbocycles. The van der Waals surface area contributed by atoms with Gasteiger partial charge in [-0.2, -0.15) is 0 Å². The van der Waals surface area contributed by atoms with Gasteiger partial charge in [0.2, 0.25) is 0 Å². The first-order chi connectivity index (χ1) is 6.72. The van der Waals surface area contributed by atoms with Crippen LogP contribution in [0.1, 0.15) is 0 Å². The second-order valence-electron chi connectivity index (χ2n) is 2.74. The standard InChI is InChI=1S/C9H7BrN2O2/c1-2-3-12-8-7(14-9(12)13)4-6(10)5-11-8/h2,4-5H,1,3H2. The van der Waals surface area contributed by atoms with Gasteiger partial charge < -0.3 is 4.42 Å². The van der Waals surface area contributed by atoms with Crippen LogP contribution in [-0.4, -0.2) is 9.55 Å². The van der Waals surface area contributed by atoms with E-state index in [1.54, 1.807) is 18.3 Å². The number of pyridine rings is 1. The number of halogens is 1. The first kappa shape index (κ1) is 9.21. The number of hydrogen-bond acceptors (Lipinski definition) is 3. The Kier molecular flexibility index (Phi) is 2.25. The molecule has 0 radical (unpaired) electrons. The van der Waals surface area contributed by atoms with E-state index in [0.29, 0.717) is 17.8 Å². The van der Waals surface area contributed by atoms with Crippen molar-refractivity contribution in [1.82, 2.24) is 9.55 Å². The average molecular weight is 255 g/mol. The van der Waals surface area contributed by atoms with Crippen LogP contribution >= 0.6 is 15.9 Å². The Morgan fingerprint density at radius 2 is 2.50 bits per heavy atom. The normalized spacial score (nSPS) is 10.6. The van der Waals surface area contributed by atoms with Crippen molar-refractivity contribution in [3.8, 4) is 0 Å². The van der Waals surface area contributed by atoms with E-state index in [1.165, 1.54) is 4.57 Å². The monoisotopic (exact) mass is 254 g/mol. The third-order valence-electron chi connectivity index (χ3n) is 1.78. The van der Waals surface area contributed by atoms with Crippen LogP contribution < -0.4 is 5.76 Å². The van der Waals surface area contributed by atoms with Crippen LogP contribution in [0, 0.1) is 0 Å². The minimum atomic E-state index is -0.412. The summed E-state index contributed by atoms with van der Waals surface area (Å²) in [6, 6.07) is 1.71. The molecule has 5 heteroatoms. The minimum Gasteiger partial charge on any atom is -0.406 e. The zero-order valence-electron chi connectivity index (χ0n) is 7.24. The van der Waals surface area contributed by atoms with Gasteiger partial charge in [-0.05, 0) is 15.9 Å². The fourth-order valence-corrected chi connectivity index (χ4v) is 1.53. The van der Waals surface area contributed by atoms with Crippen LogP contribution in [0.15, 0.2) is 38.6 Å². The zero-order valence-corrected chi connectivity index (χ0v) is 8.82. The lowest BCUT2D eigenvalue weighted by molar-refractivity contribution is 0.519. The highest BCUT2D eigenvalue weighted by Crippen LogP contribution is 2.15. The maximum Gasteiger partial charge on any atom is 0.421 e. The van der Waals surface area contributed by atoms with Crippen molar-refractivity contribution >= 4 is 27.2 Å². The molecule has 0 saturated heterocycles. The maximum absolute atomic E-state index is 11.3. The van der Waals surface area contributed by atoms with E-state index < -0.39 is 5.76 Å².